The van der Waals surface area contributed by atoms with Crippen molar-refractivity contribution in [3.63, 3.8) is 0 Å². The smallest absolute Gasteiger partial charge is 0.229 e. The molecule has 1 amide bonds. The van der Waals surface area contributed by atoms with Crippen molar-refractivity contribution in [1.29, 1.82) is 0 Å². The molecule has 1 aromatic heterocycles. The van der Waals surface area contributed by atoms with E-state index in [9.17, 15) is 4.79 Å². The Morgan fingerprint density at radius 1 is 1.07 bits per heavy atom. The van der Waals surface area contributed by atoms with Crippen molar-refractivity contribution in [3.8, 4) is 0 Å². The minimum absolute atomic E-state index is 0.170. The van der Waals surface area contributed by atoms with Crippen LogP contribution >= 0.6 is 11.3 Å². The fourth-order valence-corrected chi connectivity index (χ4v) is 7.48. The summed E-state index contributed by atoms with van der Waals surface area (Å²) < 4.78 is 0. The van der Waals surface area contributed by atoms with Gasteiger partial charge in [0.1, 0.15) is 5.01 Å². The fourth-order valence-electron chi connectivity index (χ4n) is 6.40. The van der Waals surface area contributed by atoms with Gasteiger partial charge in [0.15, 0.2) is 0 Å². The number of rotatable bonds is 7. The quantitative estimate of drug-likeness (QED) is 0.587. The van der Waals surface area contributed by atoms with Crippen LogP contribution in [-0.2, 0) is 16.8 Å². The van der Waals surface area contributed by atoms with Crippen molar-refractivity contribution in [3.05, 3.63) is 40.9 Å². The Hall–Kier alpha value is -1.75. The Bertz CT molecular complexity index is 827. The van der Waals surface area contributed by atoms with Crippen LogP contribution in [0.5, 0.6) is 0 Å². The van der Waals surface area contributed by atoms with Crippen molar-refractivity contribution in [2.45, 2.75) is 76.7 Å². The summed E-state index contributed by atoms with van der Waals surface area (Å²) in [4.78, 5) is 14.9. The molecule has 1 aromatic carbocycles. The van der Waals surface area contributed by atoms with E-state index in [1.807, 2.05) is 23.1 Å². The second-order valence-corrected chi connectivity index (χ2v) is 10.6. The predicted octanol–water partition coefficient (Wildman–Crippen LogP) is 5.73. The zero-order valence-electron chi connectivity index (χ0n) is 17.3. The van der Waals surface area contributed by atoms with E-state index in [4.69, 9.17) is 5.10 Å². The molecule has 0 spiro atoms. The van der Waals surface area contributed by atoms with Crippen LogP contribution in [0.1, 0.15) is 75.3 Å². The number of carbonyl (C=O) groups is 1. The van der Waals surface area contributed by atoms with E-state index >= 15 is 0 Å². The van der Waals surface area contributed by atoms with Crippen LogP contribution in [0.4, 0.5) is 5.13 Å². The highest BCUT2D eigenvalue weighted by atomic mass is 32.1. The minimum Gasteiger partial charge on any atom is -0.282 e. The Kier molecular flexibility index (Phi) is 5.19. The van der Waals surface area contributed by atoms with Crippen LogP contribution < -0.4 is 4.90 Å². The molecule has 4 fully saturated rings. The molecule has 4 aliphatic carbocycles. The summed E-state index contributed by atoms with van der Waals surface area (Å²) >= 11 is 1.69. The molecule has 0 unspecified atom stereocenters. The second kappa shape index (κ2) is 7.82. The highest BCUT2D eigenvalue weighted by molar-refractivity contribution is 7.15. The van der Waals surface area contributed by atoms with E-state index in [1.54, 1.807) is 11.3 Å². The number of aromatic nitrogens is 2. The predicted molar refractivity (Wildman–Crippen MR) is 117 cm³/mol. The number of nitrogens with zero attached hydrogens (tertiary/aromatic N) is 3. The van der Waals surface area contributed by atoms with E-state index in [-0.39, 0.29) is 11.3 Å². The summed E-state index contributed by atoms with van der Waals surface area (Å²) in [6.07, 6.45) is 10.7. The number of carbonyl (C=O) groups excluding carboxylic acids is 1. The zero-order valence-corrected chi connectivity index (χ0v) is 18.2. The standard InChI is InChI=1S/C24H31N3OS/c1-2-3-9-21(28)27(16-17-7-5-4-6-8-17)23-26-25-22(29-23)24-13-18-10-19(14-24)12-20(11-18)15-24/h4-8,18-20H,2-3,9-16H2,1H3. The third-order valence-corrected chi connectivity index (χ3v) is 8.56. The molecule has 6 rings (SSSR count). The van der Waals surface area contributed by atoms with Crippen LogP contribution in [0.15, 0.2) is 30.3 Å². The molecule has 29 heavy (non-hydrogen) atoms. The third-order valence-electron chi connectivity index (χ3n) is 7.37. The first-order valence-corrected chi connectivity index (χ1v) is 12.1. The molecule has 4 aliphatic rings. The van der Waals surface area contributed by atoms with Gasteiger partial charge in [-0.05, 0) is 68.3 Å². The van der Waals surface area contributed by atoms with Crippen molar-refractivity contribution < 1.29 is 4.79 Å². The van der Waals surface area contributed by atoms with Gasteiger partial charge in [-0.25, -0.2) is 0 Å². The molecule has 4 bridgehead atoms. The average Bonchev–Trinajstić information content (AvgIpc) is 3.21. The van der Waals surface area contributed by atoms with Crippen molar-refractivity contribution in [2.24, 2.45) is 17.8 Å². The lowest BCUT2D eigenvalue weighted by molar-refractivity contribution is -0.118. The Balaban J connectivity index is 1.41. The van der Waals surface area contributed by atoms with E-state index in [0.29, 0.717) is 13.0 Å². The van der Waals surface area contributed by atoms with Crippen molar-refractivity contribution in [1.82, 2.24) is 10.2 Å². The Morgan fingerprint density at radius 2 is 1.72 bits per heavy atom. The summed E-state index contributed by atoms with van der Waals surface area (Å²) in [6, 6.07) is 10.3. The van der Waals surface area contributed by atoms with Gasteiger partial charge in [-0.3, -0.25) is 9.69 Å². The SMILES string of the molecule is CCCCC(=O)N(Cc1ccccc1)c1nnc(C23CC4CC(CC(C4)C2)C3)s1. The fraction of sp³-hybridized carbons (Fsp3) is 0.625. The maximum atomic E-state index is 13.0. The van der Waals surface area contributed by atoms with Crippen LogP contribution in [0, 0.1) is 17.8 Å². The Morgan fingerprint density at radius 3 is 2.34 bits per heavy atom. The minimum atomic E-state index is 0.170. The highest BCUT2D eigenvalue weighted by Gasteiger charge is 2.53. The molecule has 0 radical (unpaired) electrons. The van der Waals surface area contributed by atoms with Gasteiger partial charge in [-0.1, -0.05) is 55.0 Å². The molecule has 0 atom stereocenters. The summed E-state index contributed by atoms with van der Waals surface area (Å²) in [5.74, 6) is 2.84. The first kappa shape index (κ1) is 19.2. The van der Waals surface area contributed by atoms with Crippen LogP contribution in [0.3, 0.4) is 0 Å². The van der Waals surface area contributed by atoms with E-state index in [1.165, 1.54) is 43.5 Å². The maximum Gasteiger partial charge on any atom is 0.229 e. The van der Waals surface area contributed by atoms with Gasteiger partial charge in [0.2, 0.25) is 11.0 Å². The zero-order chi connectivity index (χ0) is 19.8. The summed E-state index contributed by atoms with van der Waals surface area (Å²) in [5.41, 5.74) is 1.39. The average molecular weight is 410 g/mol. The number of anilines is 1. The topological polar surface area (TPSA) is 46.1 Å². The first-order chi connectivity index (χ1) is 14.1. The van der Waals surface area contributed by atoms with Crippen molar-refractivity contribution >= 4 is 22.4 Å². The molecule has 0 aliphatic heterocycles. The third kappa shape index (κ3) is 3.74. The van der Waals surface area contributed by atoms with Gasteiger partial charge < -0.3 is 0 Å². The van der Waals surface area contributed by atoms with Gasteiger partial charge >= 0.3 is 0 Å². The molecule has 0 saturated heterocycles. The van der Waals surface area contributed by atoms with Crippen molar-refractivity contribution in [2.75, 3.05) is 4.90 Å². The van der Waals surface area contributed by atoms with Gasteiger partial charge in [-0.15, -0.1) is 10.2 Å². The lowest BCUT2D eigenvalue weighted by Gasteiger charge is -2.55. The van der Waals surface area contributed by atoms with E-state index < -0.39 is 0 Å². The molecular formula is C24H31N3OS. The molecule has 154 valence electrons. The number of amides is 1. The normalized spacial score (nSPS) is 29.9. The van der Waals surface area contributed by atoms with E-state index in [0.717, 1.165) is 41.3 Å². The van der Waals surface area contributed by atoms with Gasteiger partial charge in [0.05, 0.1) is 6.54 Å². The van der Waals surface area contributed by atoms with Gasteiger partial charge in [-0.2, -0.15) is 0 Å². The van der Waals surface area contributed by atoms with Gasteiger partial charge in [0, 0.05) is 11.8 Å². The van der Waals surface area contributed by atoms with Crippen LogP contribution in [0.25, 0.3) is 0 Å². The molecule has 0 N–H and O–H groups in total. The van der Waals surface area contributed by atoms with Gasteiger partial charge in [0.25, 0.3) is 0 Å². The van der Waals surface area contributed by atoms with Crippen LogP contribution in [0.2, 0.25) is 0 Å². The Labute approximate surface area is 177 Å². The summed E-state index contributed by atoms with van der Waals surface area (Å²) in [5, 5.41) is 11.3. The molecule has 4 nitrogen and oxygen atoms in total. The number of unbranched alkanes of at least 4 members (excludes halogenated alkanes) is 1. The first-order valence-electron chi connectivity index (χ1n) is 11.3. The lowest BCUT2D eigenvalue weighted by Crippen LogP contribution is -2.48. The molecule has 5 heteroatoms. The molecular weight excluding hydrogens is 378 g/mol. The monoisotopic (exact) mass is 409 g/mol. The number of hydrogen-bond donors (Lipinski definition) is 0. The summed E-state index contributed by atoms with van der Waals surface area (Å²) in [6.45, 7) is 2.71. The largest absolute Gasteiger partial charge is 0.282 e. The number of benzene rings is 1. The highest BCUT2D eigenvalue weighted by Crippen LogP contribution is 2.61. The second-order valence-electron chi connectivity index (χ2n) is 9.66. The lowest BCUT2D eigenvalue weighted by atomic mass is 9.50. The molecule has 2 aromatic rings. The number of hydrogen-bond acceptors (Lipinski definition) is 4. The molecule has 4 saturated carbocycles. The van der Waals surface area contributed by atoms with Crippen LogP contribution in [-0.4, -0.2) is 16.1 Å². The molecule has 1 heterocycles. The summed E-state index contributed by atoms with van der Waals surface area (Å²) in [7, 11) is 0. The van der Waals surface area contributed by atoms with E-state index in [2.05, 4.69) is 24.2 Å². The maximum absolute atomic E-state index is 13.0.